The molecule has 2 heterocycles. The molecule has 0 amide bonds. The molecule has 0 atom stereocenters. The van der Waals surface area contributed by atoms with Crippen molar-refractivity contribution in [3.05, 3.63) is 29.9 Å². The SMILES string of the molecule is Cc1nc(CNCc2cncn2C(C)C)no1. The number of nitrogens with one attached hydrogen (secondary N) is 1. The van der Waals surface area contributed by atoms with Crippen molar-refractivity contribution in [3.63, 3.8) is 0 Å². The lowest BCUT2D eigenvalue weighted by Crippen LogP contribution is -2.17. The van der Waals surface area contributed by atoms with Crippen molar-refractivity contribution in [1.82, 2.24) is 25.0 Å². The summed E-state index contributed by atoms with van der Waals surface area (Å²) in [6.07, 6.45) is 3.72. The highest BCUT2D eigenvalue weighted by Crippen LogP contribution is 2.08. The van der Waals surface area contributed by atoms with E-state index in [9.17, 15) is 0 Å². The van der Waals surface area contributed by atoms with E-state index in [4.69, 9.17) is 4.52 Å². The normalized spacial score (nSPS) is 11.3. The van der Waals surface area contributed by atoms with Crippen LogP contribution in [-0.2, 0) is 13.1 Å². The maximum atomic E-state index is 4.90. The van der Waals surface area contributed by atoms with Crippen LogP contribution in [0.3, 0.4) is 0 Å². The number of aromatic nitrogens is 4. The number of aryl methyl sites for hydroxylation is 1. The standard InChI is InChI=1S/C11H17N5O/c1-8(2)16-7-13-5-10(16)4-12-6-11-14-9(3)17-15-11/h5,7-8,12H,4,6H2,1-3H3. The average Bonchev–Trinajstić information content (AvgIpc) is 2.87. The Morgan fingerprint density at radius 3 is 2.88 bits per heavy atom. The zero-order chi connectivity index (χ0) is 12.3. The fourth-order valence-electron chi connectivity index (χ4n) is 1.65. The molecule has 0 aliphatic rings. The van der Waals surface area contributed by atoms with Crippen molar-refractivity contribution in [2.24, 2.45) is 0 Å². The zero-order valence-electron chi connectivity index (χ0n) is 10.3. The van der Waals surface area contributed by atoms with E-state index in [1.165, 1.54) is 0 Å². The van der Waals surface area contributed by atoms with Crippen LogP contribution >= 0.6 is 0 Å². The summed E-state index contributed by atoms with van der Waals surface area (Å²) in [5.74, 6) is 1.27. The van der Waals surface area contributed by atoms with Gasteiger partial charge in [0.2, 0.25) is 5.89 Å². The summed E-state index contributed by atoms with van der Waals surface area (Å²) in [5, 5.41) is 7.09. The second kappa shape index (κ2) is 5.09. The van der Waals surface area contributed by atoms with Crippen LogP contribution < -0.4 is 5.32 Å². The molecule has 0 bridgehead atoms. The molecule has 0 saturated heterocycles. The molecule has 0 fully saturated rings. The van der Waals surface area contributed by atoms with Crippen LogP contribution in [0, 0.1) is 6.92 Å². The summed E-state index contributed by atoms with van der Waals surface area (Å²) in [6.45, 7) is 7.39. The van der Waals surface area contributed by atoms with Gasteiger partial charge in [-0.2, -0.15) is 4.98 Å². The van der Waals surface area contributed by atoms with E-state index in [0.29, 0.717) is 24.3 Å². The Labute approximate surface area is 100 Å². The van der Waals surface area contributed by atoms with Gasteiger partial charge >= 0.3 is 0 Å². The topological polar surface area (TPSA) is 68.8 Å². The fraction of sp³-hybridized carbons (Fsp3) is 0.545. The van der Waals surface area contributed by atoms with E-state index in [-0.39, 0.29) is 0 Å². The zero-order valence-corrected chi connectivity index (χ0v) is 10.3. The molecule has 1 N–H and O–H groups in total. The largest absolute Gasteiger partial charge is 0.340 e. The lowest BCUT2D eigenvalue weighted by atomic mass is 10.3. The highest BCUT2D eigenvalue weighted by molar-refractivity contribution is 4.99. The molecule has 2 rings (SSSR count). The number of imidazole rings is 1. The van der Waals surface area contributed by atoms with Gasteiger partial charge in [-0.25, -0.2) is 4.98 Å². The van der Waals surface area contributed by atoms with Crippen molar-refractivity contribution >= 4 is 0 Å². The first-order chi connectivity index (χ1) is 8.16. The third-order valence-electron chi connectivity index (χ3n) is 2.46. The van der Waals surface area contributed by atoms with E-state index in [0.717, 1.165) is 12.2 Å². The van der Waals surface area contributed by atoms with E-state index in [2.05, 4.69) is 38.9 Å². The predicted octanol–water partition coefficient (Wildman–Crippen LogP) is 1.45. The lowest BCUT2D eigenvalue weighted by Gasteiger charge is -2.11. The Morgan fingerprint density at radius 2 is 2.24 bits per heavy atom. The molecule has 0 unspecified atom stereocenters. The van der Waals surface area contributed by atoms with E-state index in [1.807, 2.05) is 12.5 Å². The molecule has 2 aromatic heterocycles. The first-order valence-corrected chi connectivity index (χ1v) is 5.67. The molecular weight excluding hydrogens is 218 g/mol. The molecular formula is C11H17N5O. The van der Waals surface area contributed by atoms with Gasteiger partial charge in [-0.15, -0.1) is 0 Å². The molecule has 0 aliphatic carbocycles. The minimum Gasteiger partial charge on any atom is -0.340 e. The van der Waals surface area contributed by atoms with Crippen molar-refractivity contribution in [2.75, 3.05) is 0 Å². The second-order valence-electron chi connectivity index (χ2n) is 4.22. The Bertz CT molecular complexity index is 474. The highest BCUT2D eigenvalue weighted by atomic mass is 16.5. The Balaban J connectivity index is 1.88. The summed E-state index contributed by atoms with van der Waals surface area (Å²) in [6, 6.07) is 0.418. The van der Waals surface area contributed by atoms with Crippen LogP contribution in [0.5, 0.6) is 0 Å². The molecule has 6 heteroatoms. The van der Waals surface area contributed by atoms with Crippen molar-refractivity contribution < 1.29 is 4.52 Å². The van der Waals surface area contributed by atoms with Crippen LogP contribution in [-0.4, -0.2) is 19.7 Å². The van der Waals surface area contributed by atoms with Gasteiger partial charge in [0.25, 0.3) is 0 Å². The maximum absolute atomic E-state index is 4.90. The molecule has 0 radical (unpaired) electrons. The monoisotopic (exact) mass is 235 g/mol. The Hall–Kier alpha value is -1.69. The quantitative estimate of drug-likeness (QED) is 0.849. The predicted molar refractivity (Wildman–Crippen MR) is 62.2 cm³/mol. The van der Waals surface area contributed by atoms with Crippen molar-refractivity contribution in [2.45, 2.75) is 39.9 Å². The van der Waals surface area contributed by atoms with Crippen molar-refractivity contribution in [1.29, 1.82) is 0 Å². The molecule has 17 heavy (non-hydrogen) atoms. The fourth-order valence-corrected chi connectivity index (χ4v) is 1.65. The summed E-state index contributed by atoms with van der Waals surface area (Å²) in [7, 11) is 0. The molecule has 92 valence electrons. The maximum Gasteiger partial charge on any atom is 0.223 e. The third-order valence-corrected chi connectivity index (χ3v) is 2.46. The van der Waals surface area contributed by atoms with Crippen LogP contribution in [0.4, 0.5) is 0 Å². The molecule has 0 aromatic carbocycles. The number of hydrogen-bond donors (Lipinski definition) is 1. The molecule has 0 spiro atoms. The van der Waals surface area contributed by atoms with E-state index < -0.39 is 0 Å². The third kappa shape index (κ3) is 2.91. The van der Waals surface area contributed by atoms with E-state index in [1.54, 1.807) is 6.92 Å². The van der Waals surface area contributed by atoms with Gasteiger partial charge in [0, 0.05) is 25.7 Å². The van der Waals surface area contributed by atoms with Gasteiger partial charge in [-0.05, 0) is 13.8 Å². The van der Waals surface area contributed by atoms with Crippen LogP contribution in [0.15, 0.2) is 17.0 Å². The van der Waals surface area contributed by atoms with Crippen molar-refractivity contribution in [3.8, 4) is 0 Å². The summed E-state index contributed by atoms with van der Waals surface area (Å²) < 4.78 is 7.03. The lowest BCUT2D eigenvalue weighted by molar-refractivity contribution is 0.385. The van der Waals surface area contributed by atoms with Crippen LogP contribution in [0.2, 0.25) is 0 Å². The van der Waals surface area contributed by atoms with E-state index >= 15 is 0 Å². The molecule has 6 nitrogen and oxygen atoms in total. The van der Waals surface area contributed by atoms with Gasteiger partial charge in [0.05, 0.1) is 18.6 Å². The Morgan fingerprint density at radius 1 is 1.41 bits per heavy atom. The smallest absolute Gasteiger partial charge is 0.223 e. The van der Waals surface area contributed by atoms with Gasteiger partial charge in [0.15, 0.2) is 5.82 Å². The number of rotatable bonds is 5. The summed E-state index contributed by atoms with van der Waals surface area (Å²) in [4.78, 5) is 8.27. The summed E-state index contributed by atoms with van der Waals surface area (Å²) >= 11 is 0. The first-order valence-electron chi connectivity index (χ1n) is 5.67. The minimum atomic E-state index is 0.418. The number of hydrogen-bond acceptors (Lipinski definition) is 5. The van der Waals surface area contributed by atoms with Gasteiger partial charge in [-0.3, -0.25) is 0 Å². The van der Waals surface area contributed by atoms with Gasteiger partial charge in [-0.1, -0.05) is 5.16 Å². The van der Waals surface area contributed by atoms with Crippen LogP contribution in [0.1, 0.15) is 37.3 Å². The average molecular weight is 235 g/mol. The first kappa shape index (κ1) is 11.8. The summed E-state index contributed by atoms with van der Waals surface area (Å²) in [5.41, 5.74) is 1.15. The second-order valence-corrected chi connectivity index (χ2v) is 4.22. The number of nitrogens with zero attached hydrogens (tertiary/aromatic N) is 4. The Kier molecular flexibility index (Phi) is 3.53. The minimum absolute atomic E-state index is 0.418. The molecule has 0 aliphatic heterocycles. The molecule has 0 saturated carbocycles. The van der Waals surface area contributed by atoms with Gasteiger partial charge < -0.3 is 14.4 Å². The van der Waals surface area contributed by atoms with Crippen LogP contribution in [0.25, 0.3) is 0 Å². The molecule has 2 aromatic rings. The van der Waals surface area contributed by atoms with Gasteiger partial charge in [0.1, 0.15) is 0 Å². The highest BCUT2D eigenvalue weighted by Gasteiger charge is 2.06.